The summed E-state index contributed by atoms with van der Waals surface area (Å²) in [5.41, 5.74) is 0.711. The number of aromatic nitrogens is 1. The van der Waals surface area contributed by atoms with Gasteiger partial charge in [0.15, 0.2) is 5.84 Å². The standard InChI is InChI=1S/C13H11BrN4O3S/c14-11-4-3-9(8-15-11)16-13(19)10-2-1-5-18-6-7-22(20,21)17-12(10)18/h1-5,8H,6-7H2,(H,16,19). The molecule has 3 rings (SSSR count). The molecular weight excluding hydrogens is 372 g/mol. The molecule has 0 saturated heterocycles. The minimum absolute atomic E-state index is 0.0631. The lowest BCUT2D eigenvalue weighted by molar-refractivity contribution is -0.112. The van der Waals surface area contributed by atoms with Crippen molar-refractivity contribution in [1.29, 1.82) is 0 Å². The second-order valence-electron chi connectivity index (χ2n) is 4.64. The van der Waals surface area contributed by atoms with Gasteiger partial charge in [-0.3, -0.25) is 4.79 Å². The van der Waals surface area contributed by atoms with E-state index in [1.54, 1.807) is 29.3 Å². The second-order valence-corrected chi connectivity index (χ2v) is 7.21. The van der Waals surface area contributed by atoms with Gasteiger partial charge in [-0.25, -0.2) is 13.4 Å². The summed E-state index contributed by atoms with van der Waals surface area (Å²) >= 11 is 3.21. The highest BCUT2D eigenvalue weighted by molar-refractivity contribution is 9.10. The summed E-state index contributed by atoms with van der Waals surface area (Å²) < 4.78 is 27.7. The van der Waals surface area contributed by atoms with Crippen molar-refractivity contribution in [3.8, 4) is 0 Å². The first kappa shape index (κ1) is 14.9. The molecule has 0 fully saturated rings. The van der Waals surface area contributed by atoms with Crippen molar-refractivity contribution in [2.45, 2.75) is 0 Å². The van der Waals surface area contributed by atoms with Gasteiger partial charge in [-0.1, -0.05) is 0 Å². The minimum atomic E-state index is -3.53. The van der Waals surface area contributed by atoms with Crippen LogP contribution in [0.25, 0.3) is 0 Å². The molecule has 1 aromatic rings. The lowest BCUT2D eigenvalue weighted by Gasteiger charge is -2.28. The lowest BCUT2D eigenvalue weighted by atomic mass is 10.1. The van der Waals surface area contributed by atoms with Gasteiger partial charge in [0.05, 0.1) is 23.2 Å². The maximum absolute atomic E-state index is 12.4. The average Bonchev–Trinajstić information content (AvgIpc) is 2.48. The number of amidine groups is 1. The summed E-state index contributed by atoms with van der Waals surface area (Å²) in [4.78, 5) is 18.0. The zero-order chi connectivity index (χ0) is 15.7. The summed E-state index contributed by atoms with van der Waals surface area (Å²) in [6.07, 6.45) is 6.42. The van der Waals surface area contributed by atoms with E-state index in [0.717, 1.165) is 0 Å². The number of halogens is 1. The fraction of sp³-hybridized carbons (Fsp3) is 0.154. The van der Waals surface area contributed by atoms with Crippen molar-refractivity contribution in [2.75, 3.05) is 17.6 Å². The van der Waals surface area contributed by atoms with Gasteiger partial charge in [-0.05, 0) is 40.2 Å². The summed E-state index contributed by atoms with van der Waals surface area (Å²) in [5, 5.41) is 2.67. The van der Waals surface area contributed by atoms with E-state index in [-0.39, 0.29) is 23.7 Å². The van der Waals surface area contributed by atoms with E-state index < -0.39 is 15.9 Å². The van der Waals surface area contributed by atoms with E-state index in [1.165, 1.54) is 12.3 Å². The first-order chi connectivity index (χ1) is 10.4. The number of rotatable bonds is 2. The Morgan fingerprint density at radius 1 is 1.36 bits per heavy atom. The molecule has 0 radical (unpaired) electrons. The third-order valence-corrected chi connectivity index (χ3v) is 4.71. The molecule has 0 atom stereocenters. The Labute approximate surface area is 135 Å². The molecule has 0 saturated carbocycles. The topological polar surface area (TPSA) is 91.7 Å². The Bertz CT molecular complexity index is 812. The van der Waals surface area contributed by atoms with E-state index in [9.17, 15) is 13.2 Å². The molecule has 9 heteroatoms. The first-order valence-corrected chi connectivity index (χ1v) is 8.76. The van der Waals surface area contributed by atoms with Crippen LogP contribution in [0.3, 0.4) is 0 Å². The van der Waals surface area contributed by atoms with Crippen LogP contribution in [0.5, 0.6) is 0 Å². The molecule has 2 aliphatic rings. The number of carbonyl (C=O) groups is 1. The highest BCUT2D eigenvalue weighted by Gasteiger charge is 2.29. The Kier molecular flexibility index (Phi) is 3.83. The van der Waals surface area contributed by atoms with Crippen molar-refractivity contribution in [1.82, 2.24) is 9.88 Å². The highest BCUT2D eigenvalue weighted by atomic mass is 79.9. The van der Waals surface area contributed by atoms with Gasteiger partial charge in [0.1, 0.15) is 4.60 Å². The molecule has 0 aromatic carbocycles. The number of allylic oxidation sites excluding steroid dienone is 2. The SMILES string of the molecule is O=C(Nc1ccc(Br)nc1)C1=CC=CN2CCS(=O)(=O)N=C12. The number of carbonyl (C=O) groups excluding carboxylic acids is 1. The van der Waals surface area contributed by atoms with Crippen molar-refractivity contribution < 1.29 is 13.2 Å². The zero-order valence-corrected chi connectivity index (χ0v) is 13.6. The van der Waals surface area contributed by atoms with Crippen molar-refractivity contribution >= 4 is 43.4 Å². The Morgan fingerprint density at radius 2 is 2.18 bits per heavy atom. The molecule has 1 N–H and O–H groups in total. The average molecular weight is 383 g/mol. The molecular formula is C13H11BrN4O3S. The third-order valence-electron chi connectivity index (χ3n) is 3.09. The van der Waals surface area contributed by atoms with Crippen LogP contribution in [0.2, 0.25) is 0 Å². The molecule has 2 aliphatic heterocycles. The molecule has 1 aromatic heterocycles. The molecule has 22 heavy (non-hydrogen) atoms. The number of pyridine rings is 1. The number of hydrogen-bond donors (Lipinski definition) is 1. The quantitative estimate of drug-likeness (QED) is 0.777. The summed E-state index contributed by atoms with van der Waals surface area (Å²) in [6.45, 7) is 0.280. The van der Waals surface area contributed by atoms with E-state index in [4.69, 9.17) is 0 Å². The fourth-order valence-electron chi connectivity index (χ4n) is 2.04. The number of amides is 1. The molecule has 0 bridgehead atoms. The number of nitrogens with one attached hydrogen (secondary N) is 1. The number of fused-ring (bicyclic) bond motifs is 1. The van der Waals surface area contributed by atoms with Crippen LogP contribution in [-0.2, 0) is 14.8 Å². The predicted molar refractivity (Wildman–Crippen MR) is 85.7 cm³/mol. The van der Waals surface area contributed by atoms with Gasteiger partial charge in [0.2, 0.25) is 0 Å². The Balaban J connectivity index is 1.88. The van der Waals surface area contributed by atoms with Crippen LogP contribution in [0.1, 0.15) is 0 Å². The Morgan fingerprint density at radius 3 is 2.91 bits per heavy atom. The normalized spacial score (nSPS) is 19.0. The lowest BCUT2D eigenvalue weighted by Crippen LogP contribution is -2.40. The molecule has 114 valence electrons. The van der Waals surface area contributed by atoms with Crippen LogP contribution in [0.15, 0.2) is 51.3 Å². The van der Waals surface area contributed by atoms with Gasteiger partial charge in [-0.2, -0.15) is 0 Å². The van der Waals surface area contributed by atoms with Crippen molar-refractivity contribution in [2.24, 2.45) is 4.40 Å². The Hall–Kier alpha value is -2.00. The van der Waals surface area contributed by atoms with Crippen LogP contribution in [0.4, 0.5) is 5.69 Å². The third kappa shape index (κ3) is 3.09. The number of nitrogens with zero attached hydrogens (tertiary/aromatic N) is 3. The molecule has 7 nitrogen and oxygen atoms in total. The van der Waals surface area contributed by atoms with Crippen LogP contribution in [0, 0.1) is 0 Å². The van der Waals surface area contributed by atoms with E-state index in [1.807, 2.05) is 0 Å². The largest absolute Gasteiger partial charge is 0.331 e. The molecule has 0 unspecified atom stereocenters. The summed E-state index contributed by atoms with van der Waals surface area (Å²) in [6, 6.07) is 3.38. The van der Waals surface area contributed by atoms with Gasteiger partial charge >= 0.3 is 0 Å². The molecule has 1 amide bonds. The van der Waals surface area contributed by atoms with Crippen molar-refractivity contribution in [3.63, 3.8) is 0 Å². The van der Waals surface area contributed by atoms with Gasteiger partial charge in [0, 0.05) is 12.7 Å². The number of anilines is 1. The van der Waals surface area contributed by atoms with Gasteiger partial charge in [0.25, 0.3) is 15.9 Å². The summed E-state index contributed by atoms with van der Waals surface area (Å²) in [5.74, 6) is -0.350. The fourth-order valence-corrected chi connectivity index (χ4v) is 3.26. The molecule has 0 spiro atoms. The maximum Gasteiger partial charge on any atom is 0.259 e. The van der Waals surface area contributed by atoms with Crippen LogP contribution < -0.4 is 5.32 Å². The first-order valence-electron chi connectivity index (χ1n) is 6.36. The smallest absolute Gasteiger partial charge is 0.259 e. The van der Waals surface area contributed by atoms with E-state index in [0.29, 0.717) is 10.3 Å². The minimum Gasteiger partial charge on any atom is -0.331 e. The van der Waals surface area contributed by atoms with Crippen molar-refractivity contribution in [3.05, 3.63) is 46.9 Å². The zero-order valence-electron chi connectivity index (χ0n) is 11.2. The number of sulfonamides is 1. The molecule has 3 heterocycles. The van der Waals surface area contributed by atoms with E-state index in [2.05, 4.69) is 30.6 Å². The van der Waals surface area contributed by atoms with Crippen LogP contribution in [-0.4, -0.2) is 42.3 Å². The van der Waals surface area contributed by atoms with Gasteiger partial charge < -0.3 is 10.2 Å². The van der Waals surface area contributed by atoms with Gasteiger partial charge in [-0.15, -0.1) is 4.40 Å². The number of hydrogen-bond acceptors (Lipinski definition) is 5. The van der Waals surface area contributed by atoms with E-state index >= 15 is 0 Å². The molecule has 0 aliphatic carbocycles. The maximum atomic E-state index is 12.4. The summed E-state index contributed by atoms with van der Waals surface area (Å²) in [7, 11) is -3.53. The second kappa shape index (κ2) is 5.65. The predicted octanol–water partition coefficient (Wildman–Crippen LogP) is 1.28. The highest BCUT2D eigenvalue weighted by Crippen LogP contribution is 2.19. The van der Waals surface area contributed by atoms with Crippen LogP contribution >= 0.6 is 15.9 Å². The monoisotopic (exact) mass is 382 g/mol.